The molecule has 1 atom stereocenters. The molecule has 0 aliphatic carbocycles. The van der Waals surface area contributed by atoms with E-state index in [1.807, 2.05) is 83.1 Å². The maximum atomic E-state index is 13.2. The number of hydrogen-bond acceptors (Lipinski definition) is 3. The molecule has 0 saturated carbocycles. The molecule has 0 saturated heterocycles. The molecule has 0 heterocycles. The second-order valence-corrected chi connectivity index (χ2v) is 8.96. The maximum Gasteiger partial charge on any atom is 0.261 e. The van der Waals surface area contributed by atoms with E-state index in [4.69, 9.17) is 4.74 Å². The number of rotatable bonds is 9. The standard InChI is InChI=1S/C26H36N2O3/c1-7-20-13-15-22(16-14-20)31-18-24(29)28(17-21-11-9-19(3)10-12-21)23(8-2)25(30)27-26(4,5)6/h9-16,23H,7-8,17-18H2,1-6H3,(H,27,30)/t23-/m1/s1. The van der Waals surface area contributed by atoms with Crippen molar-refractivity contribution in [3.63, 3.8) is 0 Å². The summed E-state index contributed by atoms with van der Waals surface area (Å²) >= 11 is 0. The Hall–Kier alpha value is -2.82. The lowest BCUT2D eigenvalue weighted by Crippen LogP contribution is -2.54. The molecule has 0 aliphatic heterocycles. The van der Waals surface area contributed by atoms with E-state index in [9.17, 15) is 9.59 Å². The summed E-state index contributed by atoms with van der Waals surface area (Å²) in [6, 6.07) is 15.2. The number of carbonyl (C=O) groups excluding carboxylic acids is 2. The van der Waals surface area contributed by atoms with Gasteiger partial charge in [-0.1, -0.05) is 55.8 Å². The molecule has 0 radical (unpaired) electrons. The summed E-state index contributed by atoms with van der Waals surface area (Å²) in [5.74, 6) is 0.284. The first-order valence-corrected chi connectivity index (χ1v) is 11.0. The van der Waals surface area contributed by atoms with Gasteiger partial charge in [0.15, 0.2) is 6.61 Å². The summed E-state index contributed by atoms with van der Waals surface area (Å²) in [6.07, 6.45) is 1.47. The quantitative estimate of drug-likeness (QED) is 0.637. The number of benzene rings is 2. The summed E-state index contributed by atoms with van der Waals surface area (Å²) in [6.45, 7) is 12.1. The molecule has 31 heavy (non-hydrogen) atoms. The molecule has 0 aliphatic rings. The number of ether oxygens (including phenoxy) is 1. The second-order valence-electron chi connectivity index (χ2n) is 8.96. The Labute approximate surface area is 186 Å². The zero-order chi connectivity index (χ0) is 23.0. The van der Waals surface area contributed by atoms with Crippen LogP contribution in [-0.2, 0) is 22.6 Å². The van der Waals surface area contributed by atoms with Gasteiger partial charge in [-0.05, 0) is 63.8 Å². The summed E-state index contributed by atoms with van der Waals surface area (Å²) in [5.41, 5.74) is 2.97. The molecule has 5 nitrogen and oxygen atoms in total. The minimum absolute atomic E-state index is 0.114. The Morgan fingerprint density at radius 2 is 1.55 bits per heavy atom. The van der Waals surface area contributed by atoms with Crippen LogP contribution < -0.4 is 10.1 Å². The smallest absolute Gasteiger partial charge is 0.261 e. The first-order chi connectivity index (χ1) is 14.6. The van der Waals surface area contributed by atoms with Crippen LogP contribution in [0.1, 0.15) is 57.7 Å². The average Bonchev–Trinajstić information content (AvgIpc) is 2.72. The molecule has 2 rings (SSSR count). The molecule has 2 amide bonds. The van der Waals surface area contributed by atoms with E-state index in [0.717, 1.165) is 17.5 Å². The van der Waals surface area contributed by atoms with Crippen molar-refractivity contribution >= 4 is 11.8 Å². The van der Waals surface area contributed by atoms with Crippen LogP contribution in [0.25, 0.3) is 0 Å². The van der Waals surface area contributed by atoms with Gasteiger partial charge in [-0.3, -0.25) is 9.59 Å². The number of nitrogens with one attached hydrogen (secondary N) is 1. The van der Waals surface area contributed by atoms with Crippen LogP contribution in [-0.4, -0.2) is 34.9 Å². The van der Waals surface area contributed by atoms with Crippen molar-refractivity contribution in [1.29, 1.82) is 0 Å². The Kier molecular flexibility index (Phi) is 8.66. The minimum Gasteiger partial charge on any atom is -0.484 e. The summed E-state index contributed by atoms with van der Waals surface area (Å²) in [7, 11) is 0. The lowest BCUT2D eigenvalue weighted by Gasteiger charge is -2.33. The van der Waals surface area contributed by atoms with Gasteiger partial charge in [0, 0.05) is 12.1 Å². The Balaban J connectivity index is 2.20. The van der Waals surface area contributed by atoms with E-state index in [0.29, 0.717) is 18.7 Å². The number of aryl methyl sites for hydroxylation is 2. The molecule has 5 heteroatoms. The molecular formula is C26H36N2O3. The van der Waals surface area contributed by atoms with Crippen molar-refractivity contribution < 1.29 is 14.3 Å². The highest BCUT2D eigenvalue weighted by Gasteiger charge is 2.30. The van der Waals surface area contributed by atoms with Crippen molar-refractivity contribution in [2.75, 3.05) is 6.61 Å². The van der Waals surface area contributed by atoms with Gasteiger partial charge in [-0.25, -0.2) is 0 Å². The molecular weight excluding hydrogens is 388 g/mol. The van der Waals surface area contributed by atoms with Crippen LogP contribution in [0.4, 0.5) is 0 Å². The van der Waals surface area contributed by atoms with Gasteiger partial charge in [0.05, 0.1) is 0 Å². The fraction of sp³-hybridized carbons (Fsp3) is 0.462. The van der Waals surface area contributed by atoms with Gasteiger partial charge in [0.2, 0.25) is 5.91 Å². The highest BCUT2D eigenvalue weighted by molar-refractivity contribution is 5.88. The molecule has 0 fully saturated rings. The zero-order valence-corrected chi connectivity index (χ0v) is 19.7. The predicted octanol–water partition coefficient (Wildman–Crippen LogP) is 4.66. The molecule has 2 aromatic carbocycles. The van der Waals surface area contributed by atoms with Crippen molar-refractivity contribution in [2.45, 2.75) is 72.5 Å². The van der Waals surface area contributed by atoms with E-state index < -0.39 is 6.04 Å². The number of hydrogen-bond donors (Lipinski definition) is 1. The normalized spacial score (nSPS) is 12.2. The third-order valence-corrected chi connectivity index (χ3v) is 5.05. The molecule has 1 N–H and O–H groups in total. The minimum atomic E-state index is -0.570. The summed E-state index contributed by atoms with van der Waals surface area (Å²) in [5, 5.41) is 3.01. The second kappa shape index (κ2) is 11.0. The van der Waals surface area contributed by atoms with Crippen molar-refractivity contribution in [3.8, 4) is 5.75 Å². The highest BCUT2D eigenvalue weighted by atomic mass is 16.5. The van der Waals surface area contributed by atoms with E-state index in [1.54, 1.807) is 4.90 Å². The molecule has 0 aromatic heterocycles. The number of carbonyl (C=O) groups is 2. The van der Waals surface area contributed by atoms with Gasteiger partial charge in [-0.15, -0.1) is 0 Å². The molecule has 0 bridgehead atoms. The van der Waals surface area contributed by atoms with Crippen LogP contribution in [0.5, 0.6) is 5.75 Å². The summed E-state index contributed by atoms with van der Waals surface area (Å²) < 4.78 is 5.76. The Bertz CT molecular complexity index is 852. The lowest BCUT2D eigenvalue weighted by molar-refractivity contribution is -0.143. The monoisotopic (exact) mass is 424 g/mol. The Morgan fingerprint density at radius 3 is 2.06 bits per heavy atom. The first kappa shape index (κ1) is 24.4. The molecule has 0 spiro atoms. The fourth-order valence-electron chi connectivity index (χ4n) is 3.31. The maximum absolute atomic E-state index is 13.2. The summed E-state index contributed by atoms with van der Waals surface area (Å²) in [4.78, 5) is 27.8. The van der Waals surface area contributed by atoms with E-state index >= 15 is 0 Å². The van der Waals surface area contributed by atoms with Crippen LogP contribution in [0.3, 0.4) is 0 Å². The van der Waals surface area contributed by atoms with E-state index in [2.05, 4.69) is 12.2 Å². The van der Waals surface area contributed by atoms with Gasteiger partial charge < -0.3 is 15.0 Å². The topological polar surface area (TPSA) is 58.6 Å². The van der Waals surface area contributed by atoms with Crippen LogP contribution >= 0.6 is 0 Å². The Morgan fingerprint density at radius 1 is 0.968 bits per heavy atom. The van der Waals surface area contributed by atoms with Gasteiger partial charge in [0.1, 0.15) is 11.8 Å². The zero-order valence-electron chi connectivity index (χ0n) is 19.7. The SMILES string of the molecule is CCc1ccc(OCC(=O)N(Cc2ccc(C)cc2)[C@H](CC)C(=O)NC(C)(C)C)cc1. The van der Waals surface area contributed by atoms with Crippen LogP contribution in [0, 0.1) is 6.92 Å². The number of nitrogens with zero attached hydrogens (tertiary/aromatic N) is 1. The van der Waals surface area contributed by atoms with E-state index in [1.165, 1.54) is 5.56 Å². The van der Waals surface area contributed by atoms with Crippen molar-refractivity contribution in [3.05, 3.63) is 65.2 Å². The van der Waals surface area contributed by atoms with Gasteiger partial charge >= 0.3 is 0 Å². The van der Waals surface area contributed by atoms with E-state index in [-0.39, 0.29) is 24.0 Å². The largest absolute Gasteiger partial charge is 0.484 e. The van der Waals surface area contributed by atoms with Crippen molar-refractivity contribution in [2.24, 2.45) is 0 Å². The number of amides is 2. The third kappa shape index (κ3) is 7.74. The lowest BCUT2D eigenvalue weighted by atomic mass is 10.1. The average molecular weight is 425 g/mol. The van der Waals surface area contributed by atoms with Gasteiger partial charge in [-0.2, -0.15) is 0 Å². The molecule has 2 aromatic rings. The van der Waals surface area contributed by atoms with Crippen LogP contribution in [0.15, 0.2) is 48.5 Å². The van der Waals surface area contributed by atoms with Crippen LogP contribution in [0.2, 0.25) is 0 Å². The third-order valence-electron chi connectivity index (χ3n) is 5.05. The first-order valence-electron chi connectivity index (χ1n) is 11.0. The molecule has 0 unspecified atom stereocenters. The van der Waals surface area contributed by atoms with Crippen molar-refractivity contribution in [1.82, 2.24) is 10.2 Å². The highest BCUT2D eigenvalue weighted by Crippen LogP contribution is 2.17. The molecule has 168 valence electrons. The van der Waals surface area contributed by atoms with Gasteiger partial charge in [0.25, 0.3) is 5.91 Å². The fourth-order valence-corrected chi connectivity index (χ4v) is 3.31. The predicted molar refractivity (Wildman–Crippen MR) is 125 cm³/mol.